The number of hydrogen-bond acceptors (Lipinski definition) is 12. The van der Waals surface area contributed by atoms with Gasteiger partial charge in [0, 0.05) is 13.3 Å². The van der Waals surface area contributed by atoms with Crippen LogP contribution < -0.4 is 21.5 Å². The zero-order valence-corrected chi connectivity index (χ0v) is 26.1. The van der Waals surface area contributed by atoms with Crippen molar-refractivity contribution in [1.29, 1.82) is 0 Å². The molecule has 3 rings (SSSR count). The Morgan fingerprint density at radius 1 is 0.977 bits per heavy atom. The lowest BCUT2D eigenvalue weighted by molar-refractivity contribution is -0.158. The van der Waals surface area contributed by atoms with Gasteiger partial charge in [0.2, 0.25) is 11.9 Å². The Balaban J connectivity index is 1.70. The number of amides is 2. The van der Waals surface area contributed by atoms with E-state index in [4.69, 9.17) is 9.47 Å². The number of rotatable bonds is 10. The number of aryl methyl sites for hydroxylation is 1. The van der Waals surface area contributed by atoms with Gasteiger partial charge in [0.15, 0.2) is 11.2 Å². The van der Waals surface area contributed by atoms with Gasteiger partial charge in [0.1, 0.15) is 23.1 Å². The minimum absolute atomic E-state index is 0.000714. The summed E-state index contributed by atoms with van der Waals surface area (Å²) in [6.45, 7) is 13.4. The molecule has 0 aliphatic rings. The van der Waals surface area contributed by atoms with Gasteiger partial charge in [-0.25, -0.2) is 19.7 Å². The number of esters is 2. The number of ether oxygens (including phenoxy) is 2. The molecule has 0 fully saturated rings. The molecule has 3 aromatic rings. The van der Waals surface area contributed by atoms with Gasteiger partial charge in [-0.3, -0.25) is 29.5 Å². The lowest BCUT2D eigenvalue weighted by Crippen LogP contribution is -2.44. The van der Waals surface area contributed by atoms with Crippen molar-refractivity contribution in [3.63, 3.8) is 0 Å². The SMILES string of the molecule is CC(=O)Nc1nc2ncc(CNc3ccc(C(=O)N[C@@H](CCC(=O)OC(C)(C)C)C(=O)OC(C)(C)C)c(C)n3)nc2c(=O)[nH]1. The molecule has 0 bridgehead atoms. The number of H-pyrrole nitrogens is 1. The second-order valence-corrected chi connectivity index (χ2v) is 12.0. The second-order valence-electron chi connectivity index (χ2n) is 12.0. The Hall–Kier alpha value is -4.95. The van der Waals surface area contributed by atoms with Crippen molar-refractivity contribution >= 4 is 46.7 Å². The number of carbonyl (C=O) groups excluding carboxylic acids is 4. The summed E-state index contributed by atoms with van der Waals surface area (Å²) in [5, 5.41) is 8.13. The van der Waals surface area contributed by atoms with Crippen LogP contribution in [0.2, 0.25) is 0 Å². The Bertz CT molecular complexity index is 1620. The molecule has 0 saturated carbocycles. The number of aromatic nitrogens is 5. The van der Waals surface area contributed by atoms with E-state index in [1.165, 1.54) is 13.1 Å². The summed E-state index contributed by atoms with van der Waals surface area (Å²) in [5.41, 5.74) is -0.961. The normalized spacial score (nSPS) is 12.3. The molecule has 3 aromatic heterocycles. The number of carbonyl (C=O) groups is 4. The third-order valence-corrected chi connectivity index (χ3v) is 5.60. The van der Waals surface area contributed by atoms with Crippen LogP contribution in [-0.4, -0.2) is 65.9 Å². The standard InChI is InChI=1S/C29H38N8O7/c1-15-18(24(40)35-19(26(42)44-29(6,7)8)10-12-21(39)43-28(3,4)5)9-11-20(32-15)30-13-17-14-31-23-22(34-17)25(41)37-27(36-23)33-16(2)38/h9,11,14,19H,10,12-13H2,1-8H3,(H,30,32)(H,35,40)(H2,31,33,36,37,38,41)/t19-/m0/s1. The van der Waals surface area contributed by atoms with Gasteiger partial charge < -0.3 is 20.1 Å². The molecule has 0 aliphatic heterocycles. The monoisotopic (exact) mass is 610 g/mol. The third kappa shape index (κ3) is 10.1. The first kappa shape index (κ1) is 33.6. The molecule has 15 nitrogen and oxygen atoms in total. The van der Waals surface area contributed by atoms with E-state index in [1.807, 2.05) is 0 Å². The summed E-state index contributed by atoms with van der Waals surface area (Å²) in [5.74, 6) is -1.74. The number of pyridine rings is 1. The molecule has 0 saturated heterocycles. The molecule has 236 valence electrons. The average Bonchev–Trinajstić information content (AvgIpc) is 2.87. The predicted molar refractivity (Wildman–Crippen MR) is 161 cm³/mol. The Labute approximate surface area is 254 Å². The predicted octanol–water partition coefficient (Wildman–Crippen LogP) is 2.55. The molecule has 4 N–H and O–H groups in total. The van der Waals surface area contributed by atoms with Crippen LogP contribution in [0.15, 0.2) is 23.1 Å². The van der Waals surface area contributed by atoms with E-state index >= 15 is 0 Å². The molecule has 3 heterocycles. The van der Waals surface area contributed by atoms with Crippen molar-refractivity contribution in [3.8, 4) is 0 Å². The molecular formula is C29H38N8O7. The minimum Gasteiger partial charge on any atom is -0.460 e. The van der Waals surface area contributed by atoms with Gasteiger partial charge in [-0.1, -0.05) is 0 Å². The molecule has 0 aliphatic carbocycles. The molecule has 0 spiro atoms. The number of aromatic amines is 1. The summed E-state index contributed by atoms with van der Waals surface area (Å²) in [7, 11) is 0. The molecule has 1 atom stereocenters. The van der Waals surface area contributed by atoms with E-state index < -0.39 is 46.6 Å². The maximum Gasteiger partial charge on any atom is 0.329 e. The minimum atomic E-state index is -1.09. The first-order valence-electron chi connectivity index (χ1n) is 13.9. The van der Waals surface area contributed by atoms with Crippen molar-refractivity contribution in [2.24, 2.45) is 0 Å². The van der Waals surface area contributed by atoms with E-state index in [1.54, 1.807) is 60.6 Å². The molecule has 0 radical (unpaired) electrons. The smallest absolute Gasteiger partial charge is 0.329 e. The highest BCUT2D eigenvalue weighted by Crippen LogP contribution is 2.16. The fourth-order valence-electron chi connectivity index (χ4n) is 3.86. The molecule has 15 heteroatoms. The van der Waals surface area contributed by atoms with Gasteiger partial charge >= 0.3 is 11.9 Å². The van der Waals surface area contributed by atoms with E-state index in [0.29, 0.717) is 17.2 Å². The van der Waals surface area contributed by atoms with Crippen molar-refractivity contribution in [2.75, 3.05) is 10.6 Å². The first-order chi connectivity index (χ1) is 20.4. The second kappa shape index (κ2) is 13.6. The zero-order chi connectivity index (χ0) is 32.8. The number of fused-ring (bicyclic) bond motifs is 1. The van der Waals surface area contributed by atoms with E-state index in [0.717, 1.165) is 0 Å². The fraction of sp³-hybridized carbons (Fsp3) is 0.483. The van der Waals surface area contributed by atoms with E-state index in [-0.39, 0.29) is 42.1 Å². The molecule has 2 amide bonds. The Kier molecular flexibility index (Phi) is 10.3. The summed E-state index contributed by atoms with van der Waals surface area (Å²) in [6.07, 6.45) is 1.32. The van der Waals surface area contributed by atoms with Crippen LogP contribution >= 0.6 is 0 Å². The van der Waals surface area contributed by atoms with Gasteiger partial charge in [-0.05, 0) is 67.0 Å². The first-order valence-corrected chi connectivity index (χ1v) is 13.9. The third-order valence-electron chi connectivity index (χ3n) is 5.60. The van der Waals surface area contributed by atoms with Crippen LogP contribution in [0.1, 0.15) is 83.1 Å². The zero-order valence-electron chi connectivity index (χ0n) is 26.1. The molecule has 44 heavy (non-hydrogen) atoms. The quantitative estimate of drug-likeness (QED) is 0.244. The van der Waals surface area contributed by atoms with Crippen LogP contribution in [0.25, 0.3) is 11.2 Å². The highest BCUT2D eigenvalue weighted by Gasteiger charge is 2.29. The summed E-state index contributed by atoms with van der Waals surface area (Å²) in [4.78, 5) is 81.3. The Morgan fingerprint density at radius 3 is 2.27 bits per heavy atom. The fourth-order valence-corrected chi connectivity index (χ4v) is 3.86. The highest BCUT2D eigenvalue weighted by molar-refractivity contribution is 5.98. The largest absolute Gasteiger partial charge is 0.460 e. The van der Waals surface area contributed by atoms with Crippen molar-refractivity contribution < 1.29 is 28.7 Å². The van der Waals surface area contributed by atoms with E-state index in [2.05, 4.69) is 40.9 Å². The van der Waals surface area contributed by atoms with Crippen molar-refractivity contribution in [2.45, 2.75) is 92.0 Å². The number of hydrogen-bond donors (Lipinski definition) is 4. The van der Waals surface area contributed by atoms with Crippen LogP contribution in [-0.2, 0) is 30.4 Å². The van der Waals surface area contributed by atoms with Gasteiger partial charge in [-0.15, -0.1) is 0 Å². The van der Waals surface area contributed by atoms with Crippen molar-refractivity contribution in [1.82, 2.24) is 30.2 Å². The average molecular weight is 611 g/mol. The maximum atomic E-state index is 13.2. The Morgan fingerprint density at radius 2 is 1.66 bits per heavy atom. The molecular weight excluding hydrogens is 572 g/mol. The summed E-state index contributed by atoms with van der Waals surface area (Å²) in [6, 6.07) is 2.03. The number of anilines is 2. The van der Waals surface area contributed by atoms with Crippen LogP contribution in [0, 0.1) is 6.92 Å². The van der Waals surface area contributed by atoms with Gasteiger partial charge in [0.05, 0.1) is 29.7 Å². The number of nitrogens with one attached hydrogen (secondary N) is 4. The van der Waals surface area contributed by atoms with Crippen LogP contribution in [0.5, 0.6) is 0 Å². The van der Waals surface area contributed by atoms with Crippen molar-refractivity contribution in [3.05, 3.63) is 45.6 Å². The van der Waals surface area contributed by atoms with Crippen LogP contribution in [0.3, 0.4) is 0 Å². The van der Waals surface area contributed by atoms with Gasteiger partial charge in [-0.2, -0.15) is 4.98 Å². The summed E-state index contributed by atoms with van der Waals surface area (Å²) < 4.78 is 10.8. The molecule has 0 aromatic carbocycles. The topological polar surface area (TPSA) is 207 Å². The van der Waals surface area contributed by atoms with E-state index in [9.17, 15) is 24.0 Å². The molecule has 0 unspecified atom stereocenters. The maximum absolute atomic E-state index is 13.2. The number of nitrogens with zero attached hydrogens (tertiary/aromatic N) is 4. The summed E-state index contributed by atoms with van der Waals surface area (Å²) >= 11 is 0. The lowest BCUT2D eigenvalue weighted by atomic mass is 10.1. The van der Waals surface area contributed by atoms with Crippen LogP contribution in [0.4, 0.5) is 11.8 Å². The lowest BCUT2D eigenvalue weighted by Gasteiger charge is -2.25. The highest BCUT2D eigenvalue weighted by atomic mass is 16.6. The van der Waals surface area contributed by atoms with Gasteiger partial charge in [0.25, 0.3) is 11.5 Å².